The monoisotopic (exact) mass is 204 g/mol. The molecule has 0 saturated carbocycles. The molecule has 0 aromatic carbocycles. The molecule has 1 rings (SSSR count). The fourth-order valence-corrected chi connectivity index (χ4v) is 1.64. The lowest BCUT2D eigenvalue weighted by Gasteiger charge is -2.16. The number of rotatable bonds is 5. The van der Waals surface area contributed by atoms with E-state index in [-0.39, 0.29) is 6.04 Å². The maximum absolute atomic E-state index is 4.47. The fraction of sp³-hybridized carbons (Fsp3) is 0.462. The molecule has 0 aliphatic carbocycles. The summed E-state index contributed by atoms with van der Waals surface area (Å²) in [7, 11) is 0. The van der Waals surface area contributed by atoms with Crippen LogP contribution in [0.25, 0.3) is 0 Å². The predicted molar refractivity (Wildman–Crippen MR) is 64.9 cm³/mol. The van der Waals surface area contributed by atoms with Crippen molar-refractivity contribution in [2.75, 3.05) is 6.54 Å². The van der Waals surface area contributed by atoms with Gasteiger partial charge in [0.15, 0.2) is 0 Å². The van der Waals surface area contributed by atoms with Crippen LogP contribution in [0.5, 0.6) is 0 Å². The third-order valence-electron chi connectivity index (χ3n) is 2.40. The van der Waals surface area contributed by atoms with Gasteiger partial charge in [-0.15, -0.1) is 6.58 Å². The molecule has 1 N–H and O–H groups in total. The maximum atomic E-state index is 4.47. The zero-order valence-electron chi connectivity index (χ0n) is 9.88. The largest absolute Gasteiger partial charge is 0.305 e. The van der Waals surface area contributed by atoms with Crippen molar-refractivity contribution in [2.45, 2.75) is 33.2 Å². The quantitative estimate of drug-likeness (QED) is 0.746. The molecule has 1 atom stereocenters. The molecule has 0 aliphatic heterocycles. The molecule has 1 aromatic heterocycles. The van der Waals surface area contributed by atoms with Gasteiger partial charge in [0.2, 0.25) is 0 Å². The van der Waals surface area contributed by atoms with Crippen LogP contribution in [0.3, 0.4) is 0 Å². The van der Waals surface area contributed by atoms with Gasteiger partial charge in [-0.05, 0) is 37.9 Å². The first kappa shape index (κ1) is 11.9. The molecule has 0 radical (unpaired) electrons. The Bertz CT molecular complexity index is 331. The molecule has 0 amide bonds. The fourth-order valence-electron chi connectivity index (χ4n) is 1.64. The second-order valence-electron chi connectivity index (χ2n) is 3.88. The molecule has 2 nitrogen and oxygen atoms in total. The zero-order chi connectivity index (χ0) is 11.3. The van der Waals surface area contributed by atoms with Crippen LogP contribution in [0.1, 0.15) is 36.2 Å². The molecular weight excluding hydrogens is 184 g/mol. The Morgan fingerprint density at radius 2 is 2.27 bits per heavy atom. The highest BCUT2D eigenvalue weighted by atomic mass is 14.9. The minimum Gasteiger partial charge on any atom is -0.305 e. The van der Waals surface area contributed by atoms with Crippen molar-refractivity contribution in [3.05, 3.63) is 41.7 Å². The number of nitrogens with one attached hydrogen (secondary N) is 1. The van der Waals surface area contributed by atoms with Gasteiger partial charge in [-0.1, -0.05) is 19.1 Å². The minimum atomic E-state index is 0.172. The van der Waals surface area contributed by atoms with Gasteiger partial charge in [-0.2, -0.15) is 0 Å². The second kappa shape index (κ2) is 5.66. The lowest BCUT2D eigenvalue weighted by atomic mass is 10.1. The van der Waals surface area contributed by atoms with Gasteiger partial charge in [0.25, 0.3) is 0 Å². The van der Waals surface area contributed by atoms with Crippen LogP contribution in [0.2, 0.25) is 0 Å². The van der Waals surface area contributed by atoms with Crippen LogP contribution in [0, 0.1) is 13.8 Å². The molecule has 0 saturated heterocycles. The lowest BCUT2D eigenvalue weighted by molar-refractivity contribution is 0.598. The number of pyridine rings is 1. The number of hydrogen-bond donors (Lipinski definition) is 1. The average Bonchev–Trinajstić information content (AvgIpc) is 2.21. The molecule has 0 aliphatic rings. The van der Waals surface area contributed by atoms with Gasteiger partial charge in [0, 0.05) is 6.20 Å². The summed E-state index contributed by atoms with van der Waals surface area (Å²) in [6.07, 6.45) is 4.95. The molecule has 0 bridgehead atoms. The van der Waals surface area contributed by atoms with Gasteiger partial charge in [-0.25, -0.2) is 0 Å². The molecule has 1 aromatic rings. The van der Waals surface area contributed by atoms with Crippen molar-refractivity contribution in [3.63, 3.8) is 0 Å². The number of aromatic nitrogens is 1. The van der Waals surface area contributed by atoms with Crippen LogP contribution < -0.4 is 5.32 Å². The van der Waals surface area contributed by atoms with Gasteiger partial charge < -0.3 is 5.32 Å². The topological polar surface area (TPSA) is 24.9 Å². The predicted octanol–water partition coefficient (Wildman–Crippen LogP) is 2.93. The molecule has 0 spiro atoms. The van der Waals surface area contributed by atoms with E-state index in [2.05, 4.69) is 43.7 Å². The van der Waals surface area contributed by atoms with E-state index in [4.69, 9.17) is 0 Å². The van der Waals surface area contributed by atoms with E-state index in [9.17, 15) is 0 Å². The zero-order valence-corrected chi connectivity index (χ0v) is 9.88. The first-order valence-electron chi connectivity index (χ1n) is 5.48. The molecular formula is C13H20N2. The van der Waals surface area contributed by atoms with Crippen LogP contribution >= 0.6 is 0 Å². The Morgan fingerprint density at radius 3 is 2.80 bits per heavy atom. The first-order valence-corrected chi connectivity index (χ1v) is 5.48. The Morgan fingerprint density at radius 1 is 1.53 bits per heavy atom. The Labute approximate surface area is 92.4 Å². The van der Waals surface area contributed by atoms with Crippen molar-refractivity contribution in [1.82, 2.24) is 10.3 Å². The summed E-state index contributed by atoms with van der Waals surface area (Å²) >= 11 is 0. The van der Waals surface area contributed by atoms with Crippen molar-refractivity contribution < 1.29 is 0 Å². The normalized spacial score (nSPS) is 12.5. The van der Waals surface area contributed by atoms with Crippen molar-refractivity contribution in [2.24, 2.45) is 0 Å². The SMILES string of the molecule is C=CC(NCCC)c1ncc(C)cc1C. The van der Waals surface area contributed by atoms with Crippen LogP contribution in [0.4, 0.5) is 0 Å². The average molecular weight is 204 g/mol. The van der Waals surface area contributed by atoms with Crippen LogP contribution in [-0.2, 0) is 0 Å². The molecule has 15 heavy (non-hydrogen) atoms. The van der Waals surface area contributed by atoms with E-state index < -0.39 is 0 Å². The highest BCUT2D eigenvalue weighted by Gasteiger charge is 2.10. The Hall–Kier alpha value is -1.15. The molecule has 0 fully saturated rings. The van der Waals surface area contributed by atoms with Gasteiger partial charge in [-0.3, -0.25) is 4.98 Å². The summed E-state index contributed by atoms with van der Waals surface area (Å²) in [6, 6.07) is 2.33. The van der Waals surface area contributed by atoms with Gasteiger partial charge >= 0.3 is 0 Å². The second-order valence-corrected chi connectivity index (χ2v) is 3.88. The van der Waals surface area contributed by atoms with E-state index in [1.54, 1.807) is 0 Å². The summed E-state index contributed by atoms with van der Waals surface area (Å²) in [4.78, 5) is 4.47. The van der Waals surface area contributed by atoms with Gasteiger partial charge in [0.1, 0.15) is 0 Å². The summed E-state index contributed by atoms with van der Waals surface area (Å²) in [5, 5.41) is 3.42. The van der Waals surface area contributed by atoms with Crippen molar-refractivity contribution >= 4 is 0 Å². The van der Waals surface area contributed by atoms with Crippen LogP contribution in [0.15, 0.2) is 24.9 Å². The third-order valence-corrected chi connectivity index (χ3v) is 2.40. The van der Waals surface area contributed by atoms with E-state index in [1.807, 2.05) is 12.3 Å². The van der Waals surface area contributed by atoms with E-state index >= 15 is 0 Å². The summed E-state index contributed by atoms with van der Waals surface area (Å²) in [5.41, 5.74) is 3.52. The van der Waals surface area contributed by atoms with Gasteiger partial charge in [0.05, 0.1) is 11.7 Å². The van der Waals surface area contributed by atoms with Crippen molar-refractivity contribution in [1.29, 1.82) is 0 Å². The summed E-state index contributed by atoms with van der Waals surface area (Å²) in [5.74, 6) is 0. The molecule has 82 valence electrons. The van der Waals surface area contributed by atoms with Crippen LogP contribution in [-0.4, -0.2) is 11.5 Å². The lowest BCUT2D eigenvalue weighted by Crippen LogP contribution is -2.22. The highest BCUT2D eigenvalue weighted by molar-refractivity contribution is 5.27. The first-order chi connectivity index (χ1) is 7.19. The minimum absolute atomic E-state index is 0.172. The smallest absolute Gasteiger partial charge is 0.0681 e. The summed E-state index contributed by atoms with van der Waals surface area (Å²) < 4.78 is 0. The van der Waals surface area contributed by atoms with Crippen molar-refractivity contribution in [3.8, 4) is 0 Å². The number of hydrogen-bond acceptors (Lipinski definition) is 2. The van der Waals surface area contributed by atoms with E-state index in [0.717, 1.165) is 18.7 Å². The molecule has 2 heteroatoms. The Balaban J connectivity index is 2.86. The summed E-state index contributed by atoms with van der Waals surface area (Å²) in [6.45, 7) is 11.2. The Kier molecular flexibility index (Phi) is 4.50. The standard InChI is InChI=1S/C13H20N2/c1-5-7-14-12(6-2)13-11(4)8-10(3)9-15-13/h6,8-9,12,14H,2,5,7H2,1,3-4H3. The maximum Gasteiger partial charge on any atom is 0.0681 e. The van der Waals surface area contributed by atoms with E-state index in [1.165, 1.54) is 11.1 Å². The number of nitrogens with zero attached hydrogens (tertiary/aromatic N) is 1. The molecule has 1 heterocycles. The van der Waals surface area contributed by atoms with E-state index in [0.29, 0.717) is 0 Å². The number of aryl methyl sites for hydroxylation is 2. The third kappa shape index (κ3) is 3.17. The molecule has 1 unspecified atom stereocenters. The highest BCUT2D eigenvalue weighted by Crippen LogP contribution is 2.16.